The molecule has 0 bridgehead atoms. The molecule has 2 aliphatic carbocycles. The molecule has 1 nitrogen and oxygen atoms in total. The summed E-state index contributed by atoms with van der Waals surface area (Å²) in [5.74, 6) is 2.37. The second-order valence-corrected chi connectivity index (χ2v) is 8.44. The second-order valence-electron chi connectivity index (χ2n) is 8.44. The molecule has 0 heterocycles. The van der Waals surface area contributed by atoms with Gasteiger partial charge in [-0.05, 0) is 82.5 Å². The third kappa shape index (κ3) is 3.62. The number of allylic oxidation sites excluding steroid dienone is 3. The third-order valence-electron chi connectivity index (χ3n) is 6.13. The fourth-order valence-corrected chi connectivity index (χ4v) is 5.01. The minimum absolute atomic E-state index is 0.0821. The van der Waals surface area contributed by atoms with E-state index < -0.39 is 0 Å². The largest absolute Gasteiger partial charge is 0.325 e. The Morgan fingerprint density at radius 1 is 1.38 bits per heavy atom. The molecule has 0 aromatic rings. The Labute approximate surface area is 132 Å². The van der Waals surface area contributed by atoms with Crippen molar-refractivity contribution in [1.82, 2.24) is 0 Å². The van der Waals surface area contributed by atoms with Crippen molar-refractivity contribution in [3.05, 3.63) is 23.8 Å². The van der Waals surface area contributed by atoms with Crippen molar-refractivity contribution in [3.8, 4) is 0 Å². The monoisotopic (exact) mass is 289 g/mol. The van der Waals surface area contributed by atoms with Crippen LogP contribution in [0, 0.1) is 23.2 Å². The van der Waals surface area contributed by atoms with Crippen molar-refractivity contribution in [2.24, 2.45) is 28.9 Å². The van der Waals surface area contributed by atoms with Crippen LogP contribution in [0.3, 0.4) is 0 Å². The van der Waals surface area contributed by atoms with Gasteiger partial charge in [0.25, 0.3) is 0 Å². The Balaban J connectivity index is 2.07. The minimum atomic E-state index is -0.0821. The Morgan fingerprint density at radius 2 is 2.10 bits per heavy atom. The topological polar surface area (TPSA) is 26.0 Å². The molecule has 120 valence electrons. The Morgan fingerprint density at radius 3 is 2.71 bits per heavy atom. The average Bonchev–Trinajstić information content (AvgIpc) is 2.73. The molecule has 2 aliphatic rings. The smallest absolute Gasteiger partial charge is 0.0132 e. The Kier molecular flexibility index (Phi) is 5.03. The van der Waals surface area contributed by atoms with Crippen molar-refractivity contribution in [2.45, 2.75) is 78.7 Å². The molecule has 1 unspecified atom stereocenters. The first-order valence-electron chi connectivity index (χ1n) is 8.88. The SMILES string of the molecule is C/C=C1\CCC[C@@]2(C)C1CC[C@@H]2[C@H](C)/C=C/CC(C)(C)N. The minimum Gasteiger partial charge on any atom is -0.325 e. The number of hydrogen-bond donors (Lipinski definition) is 1. The summed E-state index contributed by atoms with van der Waals surface area (Å²) in [5, 5.41) is 0. The summed E-state index contributed by atoms with van der Waals surface area (Å²) in [6.07, 6.45) is 15.1. The van der Waals surface area contributed by atoms with Gasteiger partial charge in [0.15, 0.2) is 0 Å². The third-order valence-corrected chi connectivity index (χ3v) is 6.13. The van der Waals surface area contributed by atoms with Gasteiger partial charge in [0.05, 0.1) is 0 Å². The summed E-state index contributed by atoms with van der Waals surface area (Å²) < 4.78 is 0. The van der Waals surface area contributed by atoms with Crippen LogP contribution >= 0.6 is 0 Å². The standard InChI is InChI=1S/C20H35N/c1-6-16-10-8-14-20(5)17(11-12-18(16)20)15(2)9-7-13-19(3,4)21/h6-7,9,15,17-18H,8,10-14,21H2,1-5H3/b9-7+,16-6+/t15-,17-,18?,20-/m1/s1. The van der Waals surface area contributed by atoms with Crippen molar-refractivity contribution in [1.29, 1.82) is 0 Å². The van der Waals surface area contributed by atoms with Crippen LogP contribution in [0.4, 0.5) is 0 Å². The molecule has 0 amide bonds. The number of hydrogen-bond acceptors (Lipinski definition) is 1. The molecule has 0 aromatic carbocycles. The van der Waals surface area contributed by atoms with Gasteiger partial charge in [-0.25, -0.2) is 0 Å². The molecule has 2 rings (SSSR count). The van der Waals surface area contributed by atoms with Crippen molar-refractivity contribution in [3.63, 3.8) is 0 Å². The summed E-state index contributed by atoms with van der Waals surface area (Å²) in [7, 11) is 0. The van der Waals surface area contributed by atoms with Gasteiger partial charge in [-0.1, -0.05) is 37.6 Å². The first-order chi connectivity index (χ1) is 9.78. The molecule has 0 saturated heterocycles. The normalized spacial score (nSPS) is 37.1. The summed E-state index contributed by atoms with van der Waals surface area (Å²) >= 11 is 0. The van der Waals surface area contributed by atoms with E-state index in [1.54, 1.807) is 5.57 Å². The fourth-order valence-electron chi connectivity index (χ4n) is 5.01. The molecular weight excluding hydrogens is 254 g/mol. The maximum absolute atomic E-state index is 6.08. The van der Waals surface area contributed by atoms with Gasteiger partial charge < -0.3 is 5.73 Å². The predicted molar refractivity (Wildman–Crippen MR) is 93.1 cm³/mol. The molecule has 0 aliphatic heterocycles. The molecule has 2 fully saturated rings. The first kappa shape index (κ1) is 16.8. The highest BCUT2D eigenvalue weighted by Gasteiger charge is 2.50. The van der Waals surface area contributed by atoms with E-state index >= 15 is 0 Å². The summed E-state index contributed by atoms with van der Waals surface area (Å²) in [4.78, 5) is 0. The van der Waals surface area contributed by atoms with Gasteiger partial charge in [0.2, 0.25) is 0 Å². The molecule has 0 spiro atoms. The lowest BCUT2D eigenvalue weighted by Gasteiger charge is -2.44. The molecule has 2 N–H and O–H groups in total. The van der Waals surface area contributed by atoms with E-state index in [2.05, 4.69) is 52.8 Å². The van der Waals surface area contributed by atoms with Crippen LogP contribution in [0.15, 0.2) is 23.8 Å². The van der Waals surface area contributed by atoms with Gasteiger partial charge in [-0.2, -0.15) is 0 Å². The maximum Gasteiger partial charge on any atom is 0.0132 e. The quantitative estimate of drug-likeness (QED) is 0.682. The van der Waals surface area contributed by atoms with Crippen molar-refractivity contribution in [2.75, 3.05) is 0 Å². The van der Waals surface area contributed by atoms with Crippen LogP contribution in [0.2, 0.25) is 0 Å². The second kappa shape index (κ2) is 6.28. The maximum atomic E-state index is 6.08. The molecule has 2 saturated carbocycles. The van der Waals surface area contributed by atoms with E-state index in [1.807, 2.05) is 0 Å². The van der Waals surface area contributed by atoms with Gasteiger partial charge in [-0.3, -0.25) is 0 Å². The molecule has 0 radical (unpaired) electrons. The summed E-state index contributed by atoms with van der Waals surface area (Å²) in [6, 6.07) is 0. The zero-order valence-electron chi connectivity index (χ0n) is 14.8. The highest BCUT2D eigenvalue weighted by Crippen LogP contribution is 2.59. The van der Waals surface area contributed by atoms with Crippen LogP contribution in [-0.4, -0.2) is 5.54 Å². The summed E-state index contributed by atoms with van der Waals surface area (Å²) in [6.45, 7) is 11.4. The molecule has 21 heavy (non-hydrogen) atoms. The van der Waals surface area contributed by atoms with Crippen molar-refractivity contribution < 1.29 is 0 Å². The van der Waals surface area contributed by atoms with Gasteiger partial charge in [0.1, 0.15) is 0 Å². The lowest BCUT2D eigenvalue weighted by atomic mass is 9.61. The van der Waals surface area contributed by atoms with Crippen LogP contribution < -0.4 is 5.73 Å². The fraction of sp³-hybridized carbons (Fsp3) is 0.800. The number of rotatable bonds is 4. The van der Waals surface area contributed by atoms with Crippen LogP contribution in [0.1, 0.15) is 73.1 Å². The molecule has 4 atom stereocenters. The van der Waals surface area contributed by atoms with E-state index in [4.69, 9.17) is 5.73 Å². The van der Waals surface area contributed by atoms with Crippen molar-refractivity contribution >= 4 is 0 Å². The Hall–Kier alpha value is -0.560. The molecule has 0 aromatic heterocycles. The van der Waals surface area contributed by atoms with Crippen LogP contribution in [0.5, 0.6) is 0 Å². The number of nitrogens with two attached hydrogens (primary N) is 1. The average molecular weight is 290 g/mol. The number of fused-ring (bicyclic) bond motifs is 1. The zero-order chi connectivity index (χ0) is 15.7. The highest BCUT2D eigenvalue weighted by atomic mass is 14.7. The van der Waals surface area contributed by atoms with E-state index in [9.17, 15) is 0 Å². The van der Waals surface area contributed by atoms with Gasteiger partial charge in [0, 0.05) is 5.54 Å². The predicted octanol–water partition coefficient (Wildman–Crippen LogP) is 5.47. The van der Waals surface area contributed by atoms with Crippen LogP contribution in [-0.2, 0) is 0 Å². The highest BCUT2D eigenvalue weighted by molar-refractivity contribution is 5.18. The lowest BCUT2D eigenvalue weighted by molar-refractivity contribution is 0.112. The van der Waals surface area contributed by atoms with E-state index in [0.717, 1.165) is 18.3 Å². The van der Waals surface area contributed by atoms with E-state index in [0.29, 0.717) is 11.3 Å². The zero-order valence-corrected chi connectivity index (χ0v) is 14.8. The molecule has 1 heteroatoms. The first-order valence-corrected chi connectivity index (χ1v) is 8.88. The van der Waals surface area contributed by atoms with Crippen LogP contribution in [0.25, 0.3) is 0 Å². The Bertz CT molecular complexity index is 412. The van der Waals surface area contributed by atoms with Gasteiger partial charge >= 0.3 is 0 Å². The lowest BCUT2D eigenvalue weighted by Crippen LogP contribution is -2.35. The molecular formula is C20H35N. The van der Waals surface area contributed by atoms with E-state index in [1.165, 1.54) is 32.1 Å². The van der Waals surface area contributed by atoms with Gasteiger partial charge in [-0.15, -0.1) is 0 Å². The van der Waals surface area contributed by atoms with E-state index in [-0.39, 0.29) is 5.54 Å². The summed E-state index contributed by atoms with van der Waals surface area (Å²) in [5.41, 5.74) is 8.27.